The molecule has 0 aliphatic rings. The van der Waals surface area contributed by atoms with Gasteiger partial charge < -0.3 is 42.0 Å². The Balaban J connectivity index is 1.74. The molecule has 9 N–H and O–H groups in total. The van der Waals surface area contributed by atoms with Gasteiger partial charge in [-0.25, -0.2) is 4.79 Å². The first kappa shape index (κ1) is 29.5. The highest BCUT2D eigenvalue weighted by molar-refractivity contribution is 7.80. The second-order valence-corrected chi connectivity index (χ2v) is 9.29. The number of hydrogen-bond acceptors (Lipinski definition) is 8. The van der Waals surface area contributed by atoms with Gasteiger partial charge in [0.15, 0.2) is 0 Å². The number of rotatable bonds is 13. The Labute approximate surface area is 229 Å². The van der Waals surface area contributed by atoms with Crippen LogP contribution in [0.15, 0.2) is 54.7 Å². The molecule has 3 amide bonds. The number of benzene rings is 2. The lowest BCUT2D eigenvalue weighted by molar-refractivity contribution is -0.142. The van der Waals surface area contributed by atoms with E-state index >= 15 is 0 Å². The molecule has 0 radical (unpaired) electrons. The van der Waals surface area contributed by atoms with Crippen molar-refractivity contribution in [1.82, 2.24) is 20.9 Å². The minimum absolute atomic E-state index is 0.0155. The van der Waals surface area contributed by atoms with E-state index in [2.05, 4.69) is 33.6 Å². The number of carboxylic acid groups (broad SMARTS) is 1. The molecule has 4 unspecified atom stereocenters. The number of phenols is 1. The average molecular weight is 558 g/mol. The maximum atomic E-state index is 13.3. The smallest absolute Gasteiger partial charge is 0.326 e. The van der Waals surface area contributed by atoms with Crippen molar-refractivity contribution < 1.29 is 34.5 Å². The fourth-order valence-corrected chi connectivity index (χ4v) is 4.16. The second-order valence-electron chi connectivity index (χ2n) is 8.93. The van der Waals surface area contributed by atoms with Crippen LogP contribution in [0.5, 0.6) is 5.75 Å². The molecule has 1 aromatic heterocycles. The van der Waals surface area contributed by atoms with E-state index in [1.807, 2.05) is 24.3 Å². The van der Waals surface area contributed by atoms with Gasteiger partial charge in [0.1, 0.15) is 29.9 Å². The molecule has 0 aliphatic carbocycles. The Kier molecular flexibility index (Phi) is 10.3. The zero-order chi connectivity index (χ0) is 28.5. The van der Waals surface area contributed by atoms with Crippen molar-refractivity contribution in [3.63, 3.8) is 0 Å². The topological polar surface area (TPSA) is 207 Å². The Hall–Kier alpha value is -4.07. The summed E-state index contributed by atoms with van der Waals surface area (Å²) < 4.78 is 0. The number of aromatic hydroxyl groups is 1. The van der Waals surface area contributed by atoms with Gasteiger partial charge in [0, 0.05) is 35.7 Å². The second kappa shape index (κ2) is 13.6. The molecule has 13 heteroatoms. The summed E-state index contributed by atoms with van der Waals surface area (Å²) in [7, 11) is 0. The van der Waals surface area contributed by atoms with Crippen LogP contribution in [0.2, 0.25) is 0 Å². The number of aliphatic hydroxyl groups is 1. The molecule has 39 heavy (non-hydrogen) atoms. The number of thiol groups is 1. The molecule has 0 fully saturated rings. The fraction of sp³-hybridized carbons (Fsp3) is 0.308. The molecule has 0 aliphatic heterocycles. The van der Waals surface area contributed by atoms with Crippen LogP contribution in [-0.2, 0) is 32.0 Å². The maximum absolute atomic E-state index is 13.3. The van der Waals surface area contributed by atoms with E-state index < -0.39 is 54.5 Å². The number of hydrogen-bond donors (Lipinski definition) is 9. The average Bonchev–Trinajstić information content (AvgIpc) is 3.33. The van der Waals surface area contributed by atoms with Gasteiger partial charge in [-0.15, -0.1) is 0 Å². The molecule has 4 atom stereocenters. The normalized spacial score (nSPS) is 14.1. The van der Waals surface area contributed by atoms with Crippen molar-refractivity contribution in [1.29, 1.82) is 0 Å². The number of H-pyrrole nitrogens is 1. The van der Waals surface area contributed by atoms with Gasteiger partial charge in [-0.2, -0.15) is 12.6 Å². The highest BCUT2D eigenvalue weighted by Crippen LogP contribution is 2.19. The number of aromatic amines is 1. The van der Waals surface area contributed by atoms with Crippen molar-refractivity contribution >= 4 is 47.2 Å². The van der Waals surface area contributed by atoms with Gasteiger partial charge in [-0.05, 0) is 29.3 Å². The van der Waals surface area contributed by atoms with Gasteiger partial charge in [0.05, 0.1) is 6.61 Å². The Morgan fingerprint density at radius 3 is 2.13 bits per heavy atom. The summed E-state index contributed by atoms with van der Waals surface area (Å²) in [6.45, 7) is -0.632. The van der Waals surface area contributed by atoms with Gasteiger partial charge >= 0.3 is 5.97 Å². The monoisotopic (exact) mass is 557 g/mol. The molecule has 3 rings (SSSR count). The standard InChI is InChI=1S/C26H31N5O7S/c27-18(12-32)23(34)29-20(10-15-11-28-19-4-2-1-3-17(15)19)24(35)31-22(13-39)25(36)30-21(26(37)38)9-14-5-7-16(33)8-6-14/h1-8,11,18,20-22,28,32-33,39H,9-10,12-13,27H2,(H,29,34)(H,30,36)(H,31,35)(H,37,38). The van der Waals surface area contributed by atoms with Crippen LogP contribution in [0.4, 0.5) is 0 Å². The van der Waals surface area contributed by atoms with Crippen molar-refractivity contribution in [2.45, 2.75) is 37.0 Å². The number of nitrogens with one attached hydrogen (secondary N) is 4. The first-order valence-electron chi connectivity index (χ1n) is 12.1. The number of phenolic OH excluding ortho intramolecular Hbond substituents is 1. The summed E-state index contributed by atoms with van der Waals surface area (Å²) in [6, 6.07) is 8.27. The van der Waals surface area contributed by atoms with E-state index in [-0.39, 0.29) is 24.3 Å². The minimum Gasteiger partial charge on any atom is -0.508 e. The number of carboxylic acids is 1. The largest absolute Gasteiger partial charge is 0.508 e. The van der Waals surface area contributed by atoms with E-state index in [4.69, 9.17) is 5.73 Å². The number of carbonyl (C=O) groups excluding carboxylic acids is 3. The molecule has 2 aromatic carbocycles. The highest BCUT2D eigenvalue weighted by Gasteiger charge is 2.30. The molecule has 1 heterocycles. The highest BCUT2D eigenvalue weighted by atomic mass is 32.1. The van der Waals surface area contributed by atoms with Crippen LogP contribution in [0, 0.1) is 0 Å². The Bertz CT molecular complexity index is 1310. The first-order valence-corrected chi connectivity index (χ1v) is 12.7. The molecule has 0 saturated heterocycles. The SMILES string of the molecule is NC(CO)C(=O)NC(Cc1c[nH]c2ccccc12)C(=O)NC(CS)C(=O)NC(Cc1ccc(O)cc1)C(=O)O. The molecule has 0 saturated carbocycles. The first-order chi connectivity index (χ1) is 18.6. The predicted molar refractivity (Wildman–Crippen MR) is 146 cm³/mol. The zero-order valence-electron chi connectivity index (χ0n) is 20.8. The van der Waals surface area contributed by atoms with Crippen molar-refractivity contribution in [2.24, 2.45) is 5.73 Å². The van der Waals surface area contributed by atoms with E-state index in [1.54, 1.807) is 6.20 Å². The van der Waals surface area contributed by atoms with Gasteiger partial charge in [-0.3, -0.25) is 14.4 Å². The number of aromatic nitrogens is 1. The zero-order valence-corrected chi connectivity index (χ0v) is 21.7. The van der Waals surface area contributed by atoms with Crippen LogP contribution in [0.3, 0.4) is 0 Å². The molecule has 12 nitrogen and oxygen atoms in total. The number of nitrogens with two attached hydrogens (primary N) is 1. The number of para-hydroxylation sites is 1. The number of amides is 3. The molecule has 0 spiro atoms. The lowest BCUT2D eigenvalue weighted by Gasteiger charge is -2.24. The predicted octanol–water partition coefficient (Wildman–Crippen LogP) is -0.553. The molecule has 208 valence electrons. The van der Waals surface area contributed by atoms with Crippen LogP contribution >= 0.6 is 12.6 Å². The van der Waals surface area contributed by atoms with Gasteiger partial charge in [0.25, 0.3) is 0 Å². The number of carbonyl (C=O) groups is 4. The molecular weight excluding hydrogens is 526 g/mol. The van der Waals surface area contributed by atoms with Crippen LogP contribution in [0.25, 0.3) is 10.9 Å². The van der Waals surface area contributed by atoms with Crippen molar-refractivity contribution in [3.05, 3.63) is 65.9 Å². The van der Waals surface area contributed by atoms with Crippen LogP contribution in [-0.4, -0.2) is 80.5 Å². The summed E-state index contributed by atoms with van der Waals surface area (Å²) in [6.07, 6.45) is 1.68. The Morgan fingerprint density at radius 1 is 0.872 bits per heavy atom. The fourth-order valence-electron chi connectivity index (χ4n) is 3.90. The number of aliphatic hydroxyl groups excluding tert-OH is 1. The van der Waals surface area contributed by atoms with E-state index in [0.29, 0.717) is 5.56 Å². The molecule has 0 bridgehead atoms. The summed E-state index contributed by atoms with van der Waals surface area (Å²) in [5, 5.41) is 36.6. The van der Waals surface area contributed by atoms with Crippen LogP contribution in [0.1, 0.15) is 11.1 Å². The molecular formula is C26H31N5O7S. The van der Waals surface area contributed by atoms with Crippen molar-refractivity contribution in [2.75, 3.05) is 12.4 Å². The lowest BCUT2D eigenvalue weighted by atomic mass is 10.0. The van der Waals surface area contributed by atoms with Crippen LogP contribution < -0.4 is 21.7 Å². The Morgan fingerprint density at radius 2 is 1.49 bits per heavy atom. The third kappa shape index (κ3) is 7.96. The quantitative estimate of drug-likeness (QED) is 0.124. The summed E-state index contributed by atoms with van der Waals surface area (Å²) in [5.41, 5.74) is 7.72. The third-order valence-electron chi connectivity index (χ3n) is 6.07. The number of aliphatic carboxylic acids is 1. The van der Waals surface area contributed by atoms with E-state index in [9.17, 15) is 34.5 Å². The third-order valence-corrected chi connectivity index (χ3v) is 6.44. The minimum atomic E-state index is -1.31. The molecule has 3 aromatic rings. The van der Waals surface area contributed by atoms with Crippen molar-refractivity contribution in [3.8, 4) is 5.75 Å². The summed E-state index contributed by atoms with van der Waals surface area (Å²) in [4.78, 5) is 53.5. The summed E-state index contributed by atoms with van der Waals surface area (Å²) in [5.74, 6) is -3.70. The van der Waals surface area contributed by atoms with E-state index in [1.165, 1.54) is 24.3 Å². The van der Waals surface area contributed by atoms with Gasteiger partial charge in [0.2, 0.25) is 17.7 Å². The van der Waals surface area contributed by atoms with Gasteiger partial charge in [-0.1, -0.05) is 30.3 Å². The van der Waals surface area contributed by atoms with E-state index in [0.717, 1.165) is 16.5 Å². The lowest BCUT2D eigenvalue weighted by Crippen LogP contribution is -2.58. The maximum Gasteiger partial charge on any atom is 0.326 e. The number of fused-ring (bicyclic) bond motifs is 1. The summed E-state index contributed by atoms with van der Waals surface area (Å²) >= 11 is 4.14.